The van der Waals surface area contributed by atoms with Crippen molar-refractivity contribution in [2.75, 3.05) is 7.11 Å². The van der Waals surface area contributed by atoms with Gasteiger partial charge in [-0.3, -0.25) is 9.89 Å². The highest BCUT2D eigenvalue weighted by molar-refractivity contribution is 5.80. The summed E-state index contributed by atoms with van der Waals surface area (Å²) in [7, 11) is 1.62. The van der Waals surface area contributed by atoms with Gasteiger partial charge in [-0.05, 0) is 18.6 Å². The van der Waals surface area contributed by atoms with Crippen LogP contribution in [0.5, 0.6) is 5.88 Å². The van der Waals surface area contributed by atoms with Gasteiger partial charge in [0, 0.05) is 31.0 Å². The number of pyridine rings is 1. The van der Waals surface area contributed by atoms with Gasteiger partial charge in [0.25, 0.3) is 5.56 Å². The Labute approximate surface area is 161 Å². The van der Waals surface area contributed by atoms with Gasteiger partial charge in [0.2, 0.25) is 5.88 Å². The van der Waals surface area contributed by atoms with E-state index in [1.54, 1.807) is 19.4 Å². The number of hydrogen-bond donors (Lipinski definition) is 1. The van der Waals surface area contributed by atoms with E-state index in [0.29, 0.717) is 23.8 Å². The maximum Gasteiger partial charge on any atom is 0.273 e. The molecule has 0 aliphatic heterocycles. The van der Waals surface area contributed by atoms with Gasteiger partial charge in [-0.1, -0.05) is 35.9 Å². The van der Waals surface area contributed by atoms with Gasteiger partial charge in [0.1, 0.15) is 6.61 Å². The number of methoxy groups -OCH3 is 1. The van der Waals surface area contributed by atoms with E-state index in [0.717, 1.165) is 22.4 Å². The fourth-order valence-electron chi connectivity index (χ4n) is 3.06. The number of nitrogens with zero attached hydrogens (tertiary/aromatic N) is 3. The molecule has 3 heterocycles. The van der Waals surface area contributed by atoms with Crippen LogP contribution in [0, 0.1) is 6.92 Å². The first-order valence-corrected chi connectivity index (χ1v) is 8.89. The van der Waals surface area contributed by atoms with Crippen molar-refractivity contribution in [2.24, 2.45) is 0 Å². The van der Waals surface area contributed by atoms with Crippen LogP contribution in [0.1, 0.15) is 17.0 Å². The second-order valence-electron chi connectivity index (χ2n) is 6.47. The molecule has 0 radical (unpaired) electrons. The van der Waals surface area contributed by atoms with E-state index in [2.05, 4.69) is 15.1 Å². The molecule has 0 saturated carbocycles. The summed E-state index contributed by atoms with van der Waals surface area (Å²) in [4.78, 5) is 21.4. The van der Waals surface area contributed by atoms with Crippen LogP contribution in [0.15, 0.2) is 59.5 Å². The lowest BCUT2D eigenvalue weighted by Crippen LogP contribution is -2.16. The highest BCUT2D eigenvalue weighted by Crippen LogP contribution is 2.28. The molecule has 1 N–H and O–H groups in total. The third kappa shape index (κ3) is 3.52. The summed E-state index contributed by atoms with van der Waals surface area (Å²) in [6, 6.07) is 15.0. The number of rotatable bonds is 6. The van der Waals surface area contributed by atoms with Gasteiger partial charge < -0.3 is 9.47 Å². The molecule has 4 rings (SSSR count). The van der Waals surface area contributed by atoms with Crippen LogP contribution in [0.25, 0.3) is 16.8 Å². The largest absolute Gasteiger partial charge is 0.471 e. The van der Waals surface area contributed by atoms with Crippen LogP contribution in [0.4, 0.5) is 0 Å². The van der Waals surface area contributed by atoms with E-state index in [1.807, 2.05) is 43.3 Å². The van der Waals surface area contributed by atoms with E-state index < -0.39 is 0 Å². The number of aromatic amines is 1. The number of aryl methyl sites for hydroxylation is 1. The zero-order chi connectivity index (χ0) is 19.5. The van der Waals surface area contributed by atoms with Crippen LogP contribution < -0.4 is 10.3 Å². The molecule has 142 valence electrons. The maximum atomic E-state index is 12.6. The third-order valence-electron chi connectivity index (χ3n) is 4.38. The second-order valence-corrected chi connectivity index (χ2v) is 6.47. The van der Waals surface area contributed by atoms with E-state index in [9.17, 15) is 4.79 Å². The second kappa shape index (κ2) is 7.66. The first-order valence-electron chi connectivity index (χ1n) is 8.89. The summed E-state index contributed by atoms with van der Waals surface area (Å²) in [6.45, 7) is 2.53. The monoisotopic (exact) mass is 376 g/mol. The first kappa shape index (κ1) is 17.9. The number of H-pyrrole nitrogens is 1. The van der Waals surface area contributed by atoms with Crippen molar-refractivity contribution in [2.45, 2.75) is 20.1 Å². The van der Waals surface area contributed by atoms with Gasteiger partial charge in [-0.25, -0.2) is 14.5 Å². The summed E-state index contributed by atoms with van der Waals surface area (Å²) in [5.41, 5.74) is 4.63. The molecular weight excluding hydrogens is 356 g/mol. The minimum Gasteiger partial charge on any atom is -0.471 e. The smallest absolute Gasteiger partial charge is 0.273 e. The molecular formula is C21H20N4O3. The average Bonchev–Trinajstić information content (AvgIpc) is 3.07. The van der Waals surface area contributed by atoms with Crippen LogP contribution in [-0.4, -0.2) is 26.7 Å². The molecule has 0 unspecified atom stereocenters. The van der Waals surface area contributed by atoms with Crippen molar-refractivity contribution >= 4 is 5.65 Å². The van der Waals surface area contributed by atoms with Gasteiger partial charge in [0.15, 0.2) is 5.65 Å². The van der Waals surface area contributed by atoms with Crippen LogP contribution in [0.2, 0.25) is 0 Å². The Morgan fingerprint density at radius 3 is 2.64 bits per heavy atom. The fraction of sp³-hybridized carbons (Fsp3) is 0.190. The maximum absolute atomic E-state index is 12.6. The van der Waals surface area contributed by atoms with Crippen molar-refractivity contribution in [1.29, 1.82) is 0 Å². The Bertz CT molecular complexity index is 1150. The molecule has 0 amide bonds. The molecule has 4 aromatic rings. The number of nitrogens with one attached hydrogen (secondary N) is 1. The predicted molar refractivity (Wildman–Crippen MR) is 105 cm³/mol. The minimum atomic E-state index is -0.208. The molecule has 0 aliphatic rings. The quantitative estimate of drug-likeness (QED) is 0.559. The lowest BCUT2D eigenvalue weighted by Gasteiger charge is -2.06. The molecule has 0 saturated heterocycles. The number of aromatic nitrogens is 4. The fourth-order valence-corrected chi connectivity index (χ4v) is 3.06. The Morgan fingerprint density at radius 1 is 1.11 bits per heavy atom. The number of benzene rings is 1. The standard InChI is InChI=1S/C21H20N4O3/c1-14-6-8-15(9-7-14)20-17(13-27-2)24-25-19(26)11-16(23-21(20)25)12-28-18-5-3-4-10-22-18/h3-11,24H,12-13H2,1-2H3. The van der Waals surface area contributed by atoms with Gasteiger partial charge in [-0.15, -0.1) is 0 Å². The summed E-state index contributed by atoms with van der Waals surface area (Å²) in [5.74, 6) is 0.484. The lowest BCUT2D eigenvalue weighted by molar-refractivity contribution is 0.181. The summed E-state index contributed by atoms with van der Waals surface area (Å²) < 4.78 is 12.4. The van der Waals surface area contributed by atoms with Crippen molar-refractivity contribution < 1.29 is 9.47 Å². The number of ether oxygens (including phenoxy) is 2. The van der Waals surface area contributed by atoms with Crippen LogP contribution >= 0.6 is 0 Å². The summed E-state index contributed by atoms with van der Waals surface area (Å²) >= 11 is 0. The molecule has 0 aliphatic carbocycles. The highest BCUT2D eigenvalue weighted by atomic mass is 16.5. The normalized spacial score (nSPS) is 11.1. The van der Waals surface area contributed by atoms with E-state index >= 15 is 0 Å². The molecule has 3 aromatic heterocycles. The molecule has 0 bridgehead atoms. The van der Waals surface area contributed by atoms with Gasteiger partial charge in [0.05, 0.1) is 18.0 Å². The molecule has 7 heteroatoms. The van der Waals surface area contributed by atoms with Crippen molar-refractivity contribution in [1.82, 2.24) is 19.6 Å². The molecule has 0 spiro atoms. The molecule has 0 atom stereocenters. The Balaban J connectivity index is 1.79. The van der Waals surface area contributed by atoms with Crippen LogP contribution in [0.3, 0.4) is 0 Å². The molecule has 0 fully saturated rings. The van der Waals surface area contributed by atoms with Crippen molar-refractivity contribution in [3.05, 3.63) is 82.0 Å². The topological polar surface area (TPSA) is 81.5 Å². The molecule has 1 aromatic carbocycles. The van der Waals surface area contributed by atoms with Crippen molar-refractivity contribution in [3.63, 3.8) is 0 Å². The Hall–Kier alpha value is -3.45. The third-order valence-corrected chi connectivity index (χ3v) is 4.38. The summed E-state index contributed by atoms with van der Waals surface area (Å²) in [6.07, 6.45) is 1.65. The van der Waals surface area contributed by atoms with Gasteiger partial charge >= 0.3 is 0 Å². The Kier molecular flexibility index (Phi) is 4.90. The summed E-state index contributed by atoms with van der Waals surface area (Å²) in [5, 5.41) is 3.11. The zero-order valence-electron chi connectivity index (χ0n) is 15.7. The van der Waals surface area contributed by atoms with Crippen LogP contribution in [-0.2, 0) is 18.0 Å². The zero-order valence-corrected chi connectivity index (χ0v) is 15.7. The van der Waals surface area contributed by atoms with E-state index in [1.165, 1.54) is 10.6 Å². The SMILES string of the molecule is COCc1[nH]n2c(=O)cc(COc3ccccn3)nc2c1-c1ccc(C)cc1. The van der Waals surface area contributed by atoms with E-state index in [-0.39, 0.29) is 12.2 Å². The number of fused-ring (bicyclic) bond motifs is 1. The molecule has 7 nitrogen and oxygen atoms in total. The lowest BCUT2D eigenvalue weighted by atomic mass is 10.0. The molecule has 28 heavy (non-hydrogen) atoms. The Morgan fingerprint density at radius 2 is 1.93 bits per heavy atom. The highest BCUT2D eigenvalue weighted by Gasteiger charge is 2.17. The average molecular weight is 376 g/mol. The van der Waals surface area contributed by atoms with Crippen molar-refractivity contribution in [3.8, 4) is 17.0 Å². The number of hydrogen-bond acceptors (Lipinski definition) is 5. The minimum absolute atomic E-state index is 0.154. The predicted octanol–water partition coefficient (Wildman–Crippen LogP) is 3.12. The van der Waals surface area contributed by atoms with Gasteiger partial charge in [-0.2, -0.15) is 0 Å². The van der Waals surface area contributed by atoms with E-state index in [4.69, 9.17) is 9.47 Å². The first-order chi connectivity index (χ1) is 13.7.